The molecule has 1 heterocycles. The van der Waals surface area contributed by atoms with Crippen LogP contribution in [-0.2, 0) is 16.6 Å². The molecule has 1 rings (SSSR count). The smallest absolute Gasteiger partial charge is 0.355 e. The molecule has 0 fully saturated rings. The summed E-state index contributed by atoms with van der Waals surface area (Å²) in [5, 5.41) is 2.71. The number of hydrogen-bond acceptors (Lipinski definition) is 5. The van der Waals surface area contributed by atoms with Gasteiger partial charge in [-0.05, 0) is 31.4 Å². The van der Waals surface area contributed by atoms with E-state index in [2.05, 4.69) is 5.32 Å². The van der Waals surface area contributed by atoms with Crippen molar-refractivity contribution in [3.8, 4) is 0 Å². The minimum Gasteiger partial charge on any atom is -0.461 e. The molecule has 0 aliphatic heterocycles. The van der Waals surface area contributed by atoms with Crippen LogP contribution >= 0.6 is 24.2 Å². The topological polar surface area (TPSA) is 86.3 Å². The number of halogens is 1. The Balaban J connectivity index is 0.00000400. The number of nitrogens with two attached hydrogens (primary N) is 1. The van der Waals surface area contributed by atoms with E-state index in [9.17, 15) is 9.59 Å². The first-order chi connectivity index (χ1) is 9.49. The van der Waals surface area contributed by atoms with Crippen LogP contribution in [0.1, 0.15) is 23.8 Å². The first kappa shape index (κ1) is 19.8. The van der Waals surface area contributed by atoms with E-state index in [1.54, 1.807) is 42.6 Å². The molecule has 1 aromatic rings. The molecule has 0 saturated heterocycles. The third kappa shape index (κ3) is 5.99. The highest BCUT2D eigenvalue weighted by molar-refractivity contribution is 7.98. The van der Waals surface area contributed by atoms with Crippen molar-refractivity contribution < 1.29 is 14.3 Å². The van der Waals surface area contributed by atoms with Gasteiger partial charge in [0.25, 0.3) is 0 Å². The average molecular weight is 336 g/mol. The zero-order chi connectivity index (χ0) is 15.1. The number of carbonyl (C=O) groups excluding carboxylic acids is 2. The Bertz CT molecular complexity index is 479. The van der Waals surface area contributed by atoms with Gasteiger partial charge < -0.3 is 20.4 Å². The fraction of sp³-hybridized carbons (Fsp3) is 0.538. The van der Waals surface area contributed by atoms with Gasteiger partial charge in [-0.25, -0.2) is 4.79 Å². The van der Waals surface area contributed by atoms with Gasteiger partial charge in [0.2, 0.25) is 5.91 Å². The Labute approximate surface area is 135 Å². The number of nitrogens with zero attached hydrogens (tertiary/aromatic N) is 1. The average Bonchev–Trinajstić information content (AvgIpc) is 2.77. The number of carbonyl (C=O) groups is 2. The summed E-state index contributed by atoms with van der Waals surface area (Å²) in [5.41, 5.74) is 6.71. The van der Waals surface area contributed by atoms with Gasteiger partial charge in [0.1, 0.15) is 5.69 Å². The van der Waals surface area contributed by atoms with E-state index in [0.717, 1.165) is 5.75 Å². The highest BCUT2D eigenvalue weighted by Gasteiger charge is 2.17. The Hall–Kier alpha value is -1.18. The van der Waals surface area contributed by atoms with Gasteiger partial charge in [-0.3, -0.25) is 4.79 Å². The monoisotopic (exact) mass is 335 g/mol. The van der Waals surface area contributed by atoms with Crippen molar-refractivity contribution in [2.45, 2.75) is 19.4 Å². The maximum absolute atomic E-state index is 11.9. The first-order valence-electron chi connectivity index (χ1n) is 6.38. The van der Waals surface area contributed by atoms with Crippen molar-refractivity contribution in [2.75, 3.05) is 23.9 Å². The van der Waals surface area contributed by atoms with Crippen molar-refractivity contribution in [2.24, 2.45) is 12.8 Å². The molecular weight excluding hydrogens is 314 g/mol. The van der Waals surface area contributed by atoms with Crippen LogP contribution in [-0.4, -0.2) is 41.1 Å². The number of aromatic nitrogens is 1. The predicted octanol–water partition coefficient (Wildman–Crippen LogP) is 1.64. The van der Waals surface area contributed by atoms with Crippen LogP contribution in [0.15, 0.2) is 12.3 Å². The van der Waals surface area contributed by atoms with Gasteiger partial charge in [0.05, 0.1) is 18.3 Å². The summed E-state index contributed by atoms with van der Waals surface area (Å²) in [4.78, 5) is 23.5. The minimum absolute atomic E-state index is 0. The van der Waals surface area contributed by atoms with Gasteiger partial charge in [-0.1, -0.05) is 0 Å². The van der Waals surface area contributed by atoms with E-state index in [0.29, 0.717) is 24.4 Å². The second-order valence-corrected chi connectivity index (χ2v) is 5.31. The lowest BCUT2D eigenvalue weighted by Crippen LogP contribution is -2.35. The van der Waals surface area contributed by atoms with Crippen LogP contribution in [0.2, 0.25) is 0 Å². The SMILES string of the molecule is CCOC(=O)c1cc(NC(=O)[C@@H](N)CCSC)cn1C.Cl. The van der Waals surface area contributed by atoms with Crippen LogP contribution in [0.25, 0.3) is 0 Å². The normalized spacial score (nSPS) is 11.4. The summed E-state index contributed by atoms with van der Waals surface area (Å²) in [6, 6.07) is 1.03. The number of rotatable bonds is 7. The van der Waals surface area contributed by atoms with E-state index in [4.69, 9.17) is 10.5 Å². The lowest BCUT2D eigenvalue weighted by Gasteiger charge is -2.10. The maximum Gasteiger partial charge on any atom is 0.355 e. The fourth-order valence-corrected chi connectivity index (χ4v) is 2.14. The number of esters is 1. The second kappa shape index (κ2) is 9.70. The fourth-order valence-electron chi connectivity index (χ4n) is 1.65. The summed E-state index contributed by atoms with van der Waals surface area (Å²) >= 11 is 1.64. The Morgan fingerprint density at radius 1 is 1.52 bits per heavy atom. The summed E-state index contributed by atoms with van der Waals surface area (Å²) in [5.74, 6) is 0.166. The van der Waals surface area contributed by atoms with E-state index in [-0.39, 0.29) is 18.3 Å². The van der Waals surface area contributed by atoms with E-state index in [1.165, 1.54) is 0 Å². The maximum atomic E-state index is 11.9. The number of nitrogens with one attached hydrogen (secondary N) is 1. The van der Waals surface area contributed by atoms with Crippen molar-refractivity contribution in [3.63, 3.8) is 0 Å². The summed E-state index contributed by atoms with van der Waals surface area (Å²) < 4.78 is 6.54. The molecule has 0 aliphatic carbocycles. The second-order valence-electron chi connectivity index (χ2n) is 4.32. The molecule has 6 nitrogen and oxygen atoms in total. The van der Waals surface area contributed by atoms with Crippen molar-refractivity contribution in [1.29, 1.82) is 0 Å². The zero-order valence-corrected chi connectivity index (χ0v) is 14.1. The number of aryl methyl sites for hydroxylation is 1. The van der Waals surface area contributed by atoms with E-state index in [1.807, 2.05) is 6.26 Å². The van der Waals surface area contributed by atoms with Crippen LogP contribution in [0.3, 0.4) is 0 Å². The largest absolute Gasteiger partial charge is 0.461 e. The molecule has 120 valence electrons. The summed E-state index contributed by atoms with van der Waals surface area (Å²) in [6.45, 7) is 2.06. The van der Waals surface area contributed by atoms with Gasteiger partial charge >= 0.3 is 5.97 Å². The molecule has 0 aliphatic rings. The number of anilines is 1. The molecule has 0 unspecified atom stereocenters. The highest BCUT2D eigenvalue weighted by atomic mass is 35.5. The molecule has 1 atom stereocenters. The molecule has 8 heteroatoms. The number of thioether (sulfide) groups is 1. The molecule has 0 saturated carbocycles. The first-order valence-corrected chi connectivity index (χ1v) is 7.77. The van der Waals surface area contributed by atoms with Gasteiger partial charge in [0.15, 0.2) is 0 Å². The summed E-state index contributed by atoms with van der Waals surface area (Å²) in [6.07, 6.45) is 4.24. The molecular formula is C13H22ClN3O3S. The molecule has 0 aromatic carbocycles. The summed E-state index contributed by atoms with van der Waals surface area (Å²) in [7, 11) is 1.72. The molecule has 0 radical (unpaired) electrons. The Morgan fingerprint density at radius 2 is 2.19 bits per heavy atom. The lowest BCUT2D eigenvalue weighted by atomic mass is 10.2. The van der Waals surface area contributed by atoms with Gasteiger partial charge in [-0.2, -0.15) is 11.8 Å². The van der Waals surface area contributed by atoms with Crippen LogP contribution in [0.5, 0.6) is 0 Å². The molecule has 21 heavy (non-hydrogen) atoms. The molecule has 1 aromatic heterocycles. The Morgan fingerprint density at radius 3 is 2.76 bits per heavy atom. The number of hydrogen-bond donors (Lipinski definition) is 2. The molecule has 0 spiro atoms. The van der Waals surface area contributed by atoms with Crippen molar-refractivity contribution >= 4 is 41.7 Å². The van der Waals surface area contributed by atoms with Crippen molar-refractivity contribution in [3.05, 3.63) is 18.0 Å². The predicted molar refractivity (Wildman–Crippen MR) is 88.2 cm³/mol. The highest BCUT2D eigenvalue weighted by Crippen LogP contribution is 2.14. The van der Waals surface area contributed by atoms with E-state index < -0.39 is 12.0 Å². The quantitative estimate of drug-likeness (QED) is 0.740. The van der Waals surface area contributed by atoms with Crippen LogP contribution < -0.4 is 11.1 Å². The lowest BCUT2D eigenvalue weighted by molar-refractivity contribution is -0.117. The van der Waals surface area contributed by atoms with E-state index >= 15 is 0 Å². The zero-order valence-electron chi connectivity index (χ0n) is 12.4. The number of amides is 1. The van der Waals surface area contributed by atoms with Gasteiger partial charge in [0, 0.05) is 13.2 Å². The standard InChI is InChI=1S/C13H21N3O3S.ClH/c1-4-19-13(18)11-7-9(8-16(11)2)15-12(17)10(14)5-6-20-3;/h7-8,10H,4-6,14H2,1-3H3,(H,15,17);1H/t10-;/m0./s1. The van der Waals surface area contributed by atoms with Crippen molar-refractivity contribution in [1.82, 2.24) is 4.57 Å². The third-order valence-corrected chi connectivity index (χ3v) is 3.37. The molecule has 3 N–H and O–H groups in total. The van der Waals surface area contributed by atoms with Gasteiger partial charge in [-0.15, -0.1) is 12.4 Å². The minimum atomic E-state index is -0.548. The Kier molecular flexibility index (Phi) is 9.16. The van der Waals surface area contributed by atoms with Crippen LogP contribution in [0, 0.1) is 0 Å². The molecule has 1 amide bonds. The third-order valence-electron chi connectivity index (χ3n) is 2.73. The molecule has 0 bridgehead atoms. The number of ether oxygens (including phenoxy) is 1. The van der Waals surface area contributed by atoms with Crippen LogP contribution in [0.4, 0.5) is 5.69 Å².